The maximum atomic E-state index is 13.3. The number of anilines is 2. The van der Waals surface area contributed by atoms with Gasteiger partial charge in [-0.25, -0.2) is 4.39 Å². The normalized spacial score (nSPS) is 16.1. The van der Waals surface area contributed by atoms with E-state index in [2.05, 4.69) is 5.32 Å². The van der Waals surface area contributed by atoms with Gasteiger partial charge in [0.25, 0.3) is 5.69 Å². The number of carbonyl (C=O) groups is 1. The van der Waals surface area contributed by atoms with Crippen molar-refractivity contribution in [3.63, 3.8) is 0 Å². The van der Waals surface area contributed by atoms with Crippen LogP contribution in [0.15, 0.2) is 36.4 Å². The zero-order valence-corrected chi connectivity index (χ0v) is 14.9. The number of nitro benzene ring substituents is 1. The third-order valence-corrected chi connectivity index (χ3v) is 4.98. The molecule has 0 atom stereocenters. The van der Waals surface area contributed by atoms with Gasteiger partial charge in [0.15, 0.2) is 11.5 Å². The van der Waals surface area contributed by atoms with E-state index in [-0.39, 0.29) is 24.3 Å². The van der Waals surface area contributed by atoms with Gasteiger partial charge in [-0.2, -0.15) is 0 Å². The van der Waals surface area contributed by atoms with Gasteiger partial charge in [0, 0.05) is 30.8 Å². The molecule has 0 aliphatic carbocycles. The molecule has 1 amide bonds. The fourth-order valence-corrected chi connectivity index (χ4v) is 3.51. The second-order valence-corrected chi connectivity index (χ2v) is 6.71. The van der Waals surface area contributed by atoms with Crippen molar-refractivity contribution in [3.05, 3.63) is 52.3 Å². The predicted molar refractivity (Wildman–Crippen MR) is 99.2 cm³/mol. The van der Waals surface area contributed by atoms with E-state index in [1.54, 1.807) is 18.2 Å². The lowest BCUT2D eigenvalue weighted by atomic mass is 9.95. The molecule has 1 fully saturated rings. The van der Waals surface area contributed by atoms with Gasteiger partial charge in [0.2, 0.25) is 12.7 Å². The topological polar surface area (TPSA) is 93.9 Å². The van der Waals surface area contributed by atoms with Crippen molar-refractivity contribution in [1.29, 1.82) is 0 Å². The van der Waals surface area contributed by atoms with E-state index in [0.717, 1.165) is 6.07 Å². The quantitative estimate of drug-likeness (QED) is 0.639. The SMILES string of the molecule is O=C(Nc1ccc2c(c1)OCO2)C1CCN(c2ccc(F)cc2[N+](=O)[O-])CC1. The average Bonchev–Trinajstić information content (AvgIpc) is 3.16. The Hall–Kier alpha value is -3.36. The number of halogens is 1. The summed E-state index contributed by atoms with van der Waals surface area (Å²) in [6.45, 7) is 1.12. The molecule has 28 heavy (non-hydrogen) atoms. The van der Waals surface area contributed by atoms with Crippen LogP contribution in [0.4, 0.5) is 21.5 Å². The third kappa shape index (κ3) is 3.55. The first-order valence-electron chi connectivity index (χ1n) is 8.90. The zero-order chi connectivity index (χ0) is 19.7. The molecular formula is C19H18FN3O5. The van der Waals surface area contributed by atoms with Crippen LogP contribution < -0.4 is 19.7 Å². The Labute approximate surface area is 160 Å². The number of ether oxygens (including phenoxy) is 2. The van der Waals surface area contributed by atoms with Crippen molar-refractivity contribution in [3.8, 4) is 11.5 Å². The molecule has 0 bridgehead atoms. The molecule has 0 aromatic heterocycles. The van der Waals surface area contributed by atoms with Crippen LogP contribution in [-0.4, -0.2) is 30.7 Å². The van der Waals surface area contributed by atoms with Gasteiger partial charge >= 0.3 is 0 Å². The fourth-order valence-electron chi connectivity index (χ4n) is 3.51. The summed E-state index contributed by atoms with van der Waals surface area (Å²) in [5.41, 5.74) is 0.746. The van der Waals surface area contributed by atoms with Crippen LogP contribution in [-0.2, 0) is 4.79 Å². The summed E-state index contributed by atoms with van der Waals surface area (Å²) in [6.07, 6.45) is 1.09. The first-order valence-corrected chi connectivity index (χ1v) is 8.90. The first kappa shape index (κ1) is 18.0. The van der Waals surface area contributed by atoms with Crippen LogP contribution in [0.3, 0.4) is 0 Å². The molecule has 4 rings (SSSR count). The Kier molecular flexibility index (Phi) is 4.72. The molecule has 0 unspecified atom stereocenters. The highest BCUT2D eigenvalue weighted by atomic mass is 19.1. The molecule has 1 saturated heterocycles. The smallest absolute Gasteiger partial charge is 0.295 e. The van der Waals surface area contributed by atoms with Crippen molar-refractivity contribution < 1.29 is 23.6 Å². The van der Waals surface area contributed by atoms with Gasteiger partial charge in [-0.05, 0) is 37.1 Å². The van der Waals surface area contributed by atoms with Gasteiger partial charge < -0.3 is 19.7 Å². The Morgan fingerprint density at radius 2 is 1.89 bits per heavy atom. The molecule has 1 N–H and O–H groups in total. The molecule has 2 heterocycles. The lowest BCUT2D eigenvalue weighted by Gasteiger charge is -2.32. The minimum atomic E-state index is -0.645. The summed E-state index contributed by atoms with van der Waals surface area (Å²) in [6, 6.07) is 8.77. The monoisotopic (exact) mass is 387 g/mol. The number of piperidine rings is 1. The number of nitrogens with one attached hydrogen (secondary N) is 1. The van der Waals surface area contributed by atoms with E-state index in [0.29, 0.717) is 48.8 Å². The third-order valence-electron chi connectivity index (χ3n) is 4.98. The predicted octanol–water partition coefficient (Wildman–Crippen LogP) is 3.32. The number of nitro groups is 1. The molecule has 2 aliphatic rings. The highest BCUT2D eigenvalue weighted by Gasteiger charge is 2.29. The molecule has 2 aliphatic heterocycles. The minimum absolute atomic E-state index is 0.105. The van der Waals surface area contributed by atoms with Crippen molar-refractivity contribution >= 4 is 23.0 Å². The van der Waals surface area contributed by atoms with Crippen LogP contribution in [0.5, 0.6) is 11.5 Å². The van der Waals surface area contributed by atoms with Crippen molar-refractivity contribution in [2.75, 3.05) is 30.1 Å². The van der Waals surface area contributed by atoms with Crippen molar-refractivity contribution in [2.45, 2.75) is 12.8 Å². The van der Waals surface area contributed by atoms with E-state index in [4.69, 9.17) is 9.47 Å². The molecular weight excluding hydrogens is 369 g/mol. The van der Waals surface area contributed by atoms with Crippen LogP contribution in [0.1, 0.15) is 12.8 Å². The highest BCUT2D eigenvalue weighted by Crippen LogP contribution is 2.35. The van der Waals surface area contributed by atoms with Gasteiger partial charge in [-0.15, -0.1) is 0 Å². The van der Waals surface area contributed by atoms with Crippen LogP contribution in [0.2, 0.25) is 0 Å². The van der Waals surface area contributed by atoms with E-state index < -0.39 is 10.7 Å². The van der Waals surface area contributed by atoms with Crippen LogP contribution in [0.25, 0.3) is 0 Å². The maximum Gasteiger partial charge on any atom is 0.295 e. The molecule has 0 spiro atoms. The maximum absolute atomic E-state index is 13.3. The lowest BCUT2D eigenvalue weighted by Crippen LogP contribution is -2.38. The summed E-state index contributed by atoms with van der Waals surface area (Å²) in [4.78, 5) is 25.0. The second kappa shape index (κ2) is 7.34. The van der Waals surface area contributed by atoms with Gasteiger partial charge in [0.05, 0.1) is 11.0 Å². The van der Waals surface area contributed by atoms with Crippen LogP contribution >= 0.6 is 0 Å². The fraction of sp³-hybridized carbons (Fsp3) is 0.316. The molecule has 2 aromatic carbocycles. The Balaban J connectivity index is 1.39. The molecule has 0 radical (unpaired) electrons. The minimum Gasteiger partial charge on any atom is -0.454 e. The molecule has 0 saturated carbocycles. The lowest BCUT2D eigenvalue weighted by molar-refractivity contribution is -0.384. The summed E-state index contributed by atoms with van der Waals surface area (Å²) in [7, 11) is 0. The number of rotatable bonds is 4. The Morgan fingerprint density at radius 3 is 2.64 bits per heavy atom. The second-order valence-electron chi connectivity index (χ2n) is 6.71. The summed E-state index contributed by atoms with van der Waals surface area (Å²) in [5, 5.41) is 14.1. The van der Waals surface area contributed by atoms with E-state index in [9.17, 15) is 19.3 Å². The van der Waals surface area contributed by atoms with Crippen molar-refractivity contribution in [2.24, 2.45) is 5.92 Å². The number of carbonyl (C=O) groups excluding carboxylic acids is 1. The standard InChI is InChI=1S/C19H18FN3O5/c20-13-1-3-15(16(9-13)23(25)26)22-7-5-12(6-8-22)19(24)21-14-2-4-17-18(10-14)28-11-27-17/h1-4,9-10,12H,5-8,11H2,(H,21,24). The zero-order valence-electron chi connectivity index (χ0n) is 14.9. The number of nitrogens with zero attached hydrogens (tertiary/aromatic N) is 2. The Bertz CT molecular complexity index is 928. The number of hydrogen-bond donors (Lipinski definition) is 1. The summed E-state index contributed by atoms with van der Waals surface area (Å²) in [5.74, 6) is 0.283. The van der Waals surface area contributed by atoms with Gasteiger partial charge in [-0.1, -0.05) is 0 Å². The first-order chi connectivity index (χ1) is 13.5. The van der Waals surface area contributed by atoms with E-state index in [1.807, 2.05) is 4.90 Å². The van der Waals surface area contributed by atoms with Gasteiger partial charge in [0.1, 0.15) is 11.5 Å². The average molecular weight is 387 g/mol. The van der Waals surface area contributed by atoms with E-state index >= 15 is 0 Å². The highest BCUT2D eigenvalue weighted by molar-refractivity contribution is 5.93. The molecule has 9 heteroatoms. The largest absolute Gasteiger partial charge is 0.454 e. The molecule has 146 valence electrons. The summed E-state index contributed by atoms with van der Waals surface area (Å²) >= 11 is 0. The molecule has 2 aromatic rings. The van der Waals surface area contributed by atoms with Gasteiger partial charge in [-0.3, -0.25) is 14.9 Å². The number of hydrogen-bond acceptors (Lipinski definition) is 6. The summed E-state index contributed by atoms with van der Waals surface area (Å²) < 4.78 is 23.9. The number of benzene rings is 2. The molecule has 8 nitrogen and oxygen atoms in total. The number of fused-ring (bicyclic) bond motifs is 1. The van der Waals surface area contributed by atoms with Crippen molar-refractivity contribution in [1.82, 2.24) is 0 Å². The van der Waals surface area contributed by atoms with E-state index in [1.165, 1.54) is 12.1 Å². The number of amides is 1. The Morgan fingerprint density at radius 1 is 1.14 bits per heavy atom. The van der Waals surface area contributed by atoms with Crippen LogP contribution in [0, 0.1) is 21.8 Å².